The van der Waals surface area contributed by atoms with Gasteiger partial charge in [-0.2, -0.15) is 0 Å². The van der Waals surface area contributed by atoms with Gasteiger partial charge in [-0.3, -0.25) is 9.59 Å². The molecule has 0 spiro atoms. The maximum absolute atomic E-state index is 13.9. The van der Waals surface area contributed by atoms with Crippen LogP contribution in [-0.2, 0) is 29.0 Å². The van der Waals surface area contributed by atoms with Crippen molar-refractivity contribution in [3.63, 3.8) is 0 Å². The molecule has 194 valence electrons. The first-order valence-electron chi connectivity index (χ1n) is 13.0. The number of rotatable bonds is 9. The fraction of sp³-hybridized carbons (Fsp3) is 0.355. The minimum Gasteiger partial charge on any atom is -0.352 e. The van der Waals surface area contributed by atoms with Gasteiger partial charge in [0.15, 0.2) is 0 Å². The summed E-state index contributed by atoms with van der Waals surface area (Å²) < 4.78 is 0. The lowest BCUT2D eigenvalue weighted by molar-refractivity contribution is -0.141. The van der Waals surface area contributed by atoms with Crippen molar-refractivity contribution in [2.24, 2.45) is 0 Å². The molecule has 0 aliphatic heterocycles. The molecule has 0 unspecified atom stereocenters. The van der Waals surface area contributed by atoms with Crippen molar-refractivity contribution in [3.8, 4) is 0 Å². The molecule has 37 heavy (non-hydrogen) atoms. The Bertz CT molecular complexity index is 1210. The number of carbonyl (C=O) groups is 2. The van der Waals surface area contributed by atoms with Gasteiger partial charge >= 0.3 is 0 Å². The Morgan fingerprint density at radius 3 is 2.30 bits per heavy atom. The van der Waals surface area contributed by atoms with E-state index in [1.165, 1.54) is 6.42 Å². The Morgan fingerprint density at radius 1 is 0.892 bits per heavy atom. The molecule has 2 amide bonds. The van der Waals surface area contributed by atoms with Gasteiger partial charge in [-0.05, 0) is 54.2 Å². The molecule has 1 fully saturated rings. The second-order valence-electron chi connectivity index (χ2n) is 9.92. The van der Waals surface area contributed by atoms with E-state index in [4.69, 9.17) is 23.2 Å². The molecule has 0 heterocycles. The smallest absolute Gasteiger partial charge is 0.243 e. The molecule has 0 saturated heterocycles. The van der Waals surface area contributed by atoms with Crippen molar-refractivity contribution in [2.75, 3.05) is 0 Å². The summed E-state index contributed by atoms with van der Waals surface area (Å²) in [6, 6.07) is 22.6. The van der Waals surface area contributed by atoms with Gasteiger partial charge in [0.05, 0.1) is 16.5 Å². The molecule has 0 radical (unpaired) electrons. The van der Waals surface area contributed by atoms with Crippen LogP contribution in [0, 0.1) is 6.92 Å². The van der Waals surface area contributed by atoms with Crippen molar-refractivity contribution in [2.45, 2.75) is 70.5 Å². The largest absolute Gasteiger partial charge is 0.352 e. The number of benzene rings is 3. The molecule has 1 aliphatic rings. The highest BCUT2D eigenvalue weighted by Gasteiger charge is 2.32. The summed E-state index contributed by atoms with van der Waals surface area (Å²) in [5.41, 5.74) is 3.85. The van der Waals surface area contributed by atoms with Crippen LogP contribution in [-0.4, -0.2) is 28.8 Å². The Balaban J connectivity index is 1.68. The lowest BCUT2D eigenvalue weighted by Crippen LogP contribution is -2.53. The van der Waals surface area contributed by atoms with E-state index in [9.17, 15) is 9.59 Å². The highest BCUT2D eigenvalue weighted by Crippen LogP contribution is 2.25. The molecular formula is C31H34Cl2N2O2. The van der Waals surface area contributed by atoms with Crippen molar-refractivity contribution < 1.29 is 9.59 Å². The first-order chi connectivity index (χ1) is 17.9. The monoisotopic (exact) mass is 536 g/mol. The number of halogens is 2. The van der Waals surface area contributed by atoms with Gasteiger partial charge in [-0.15, -0.1) is 0 Å². The van der Waals surface area contributed by atoms with Crippen molar-refractivity contribution in [1.82, 2.24) is 10.2 Å². The molecule has 0 aromatic heterocycles. The summed E-state index contributed by atoms with van der Waals surface area (Å²) >= 11 is 12.5. The van der Waals surface area contributed by atoms with Crippen LogP contribution < -0.4 is 5.32 Å². The van der Waals surface area contributed by atoms with E-state index in [-0.39, 0.29) is 30.8 Å². The molecule has 6 heteroatoms. The maximum atomic E-state index is 13.9. The second-order valence-corrected chi connectivity index (χ2v) is 10.7. The third kappa shape index (κ3) is 7.59. The van der Waals surface area contributed by atoms with Crippen LogP contribution in [0.25, 0.3) is 0 Å². The van der Waals surface area contributed by atoms with Crippen molar-refractivity contribution in [3.05, 3.63) is 105 Å². The van der Waals surface area contributed by atoms with Gasteiger partial charge in [0.2, 0.25) is 11.8 Å². The Hall–Kier alpha value is -2.82. The van der Waals surface area contributed by atoms with Gasteiger partial charge in [0, 0.05) is 19.0 Å². The normalized spacial score (nSPS) is 14.7. The fourth-order valence-electron chi connectivity index (χ4n) is 5.01. The van der Waals surface area contributed by atoms with Crippen LogP contribution in [0.5, 0.6) is 0 Å². The summed E-state index contributed by atoms with van der Waals surface area (Å²) in [5, 5.41) is 4.16. The van der Waals surface area contributed by atoms with E-state index in [0.717, 1.165) is 47.9 Å². The predicted molar refractivity (Wildman–Crippen MR) is 151 cm³/mol. The maximum Gasteiger partial charge on any atom is 0.243 e. The first kappa shape index (κ1) is 27.2. The lowest BCUT2D eigenvalue weighted by atomic mass is 9.94. The minimum atomic E-state index is -0.657. The molecule has 1 aliphatic carbocycles. The Labute approximate surface area is 230 Å². The summed E-state index contributed by atoms with van der Waals surface area (Å²) in [6.07, 6.45) is 6.05. The van der Waals surface area contributed by atoms with Crippen LogP contribution in [0.3, 0.4) is 0 Å². The molecule has 0 bridgehead atoms. The average molecular weight is 538 g/mol. The zero-order chi connectivity index (χ0) is 26.2. The number of nitrogens with one attached hydrogen (secondary N) is 1. The number of aryl methyl sites for hydroxylation is 1. The quantitative estimate of drug-likeness (QED) is 0.322. The van der Waals surface area contributed by atoms with Crippen LogP contribution >= 0.6 is 23.2 Å². The molecule has 3 aromatic carbocycles. The van der Waals surface area contributed by atoms with Gasteiger partial charge in [-0.25, -0.2) is 0 Å². The zero-order valence-electron chi connectivity index (χ0n) is 21.3. The summed E-state index contributed by atoms with van der Waals surface area (Å²) in [7, 11) is 0. The molecular weight excluding hydrogens is 503 g/mol. The molecule has 4 rings (SSSR count). The van der Waals surface area contributed by atoms with Crippen LogP contribution in [0.4, 0.5) is 0 Å². The number of nitrogens with zero attached hydrogens (tertiary/aromatic N) is 1. The van der Waals surface area contributed by atoms with E-state index >= 15 is 0 Å². The molecule has 3 aromatic rings. The topological polar surface area (TPSA) is 49.4 Å². The molecule has 4 nitrogen and oxygen atoms in total. The van der Waals surface area contributed by atoms with Gasteiger partial charge in [-0.1, -0.05) is 103 Å². The van der Waals surface area contributed by atoms with Crippen molar-refractivity contribution >= 4 is 35.0 Å². The van der Waals surface area contributed by atoms with E-state index in [1.807, 2.05) is 67.6 Å². The number of hydrogen-bond donors (Lipinski definition) is 1. The SMILES string of the molecule is Cc1ccccc1CC(=O)N(Cc1ccc(Cl)c(Cl)c1)[C@H](Cc1ccccc1)C(=O)NC1CCCCC1. The second kappa shape index (κ2) is 13.1. The van der Waals surface area contributed by atoms with E-state index in [2.05, 4.69) is 5.32 Å². The Kier molecular flexibility index (Phi) is 9.65. The highest BCUT2D eigenvalue weighted by molar-refractivity contribution is 6.42. The number of amides is 2. The molecule has 1 atom stereocenters. The summed E-state index contributed by atoms with van der Waals surface area (Å²) in [4.78, 5) is 29.5. The van der Waals surface area contributed by atoms with E-state index in [0.29, 0.717) is 16.5 Å². The van der Waals surface area contributed by atoms with E-state index in [1.54, 1.807) is 17.0 Å². The van der Waals surface area contributed by atoms with Crippen LogP contribution in [0.2, 0.25) is 10.0 Å². The minimum absolute atomic E-state index is 0.0971. The molecule has 1 N–H and O–H groups in total. The number of carbonyl (C=O) groups excluding carboxylic acids is 2. The lowest BCUT2D eigenvalue weighted by Gasteiger charge is -2.33. The summed E-state index contributed by atoms with van der Waals surface area (Å²) in [6.45, 7) is 2.26. The first-order valence-corrected chi connectivity index (χ1v) is 13.8. The van der Waals surface area contributed by atoms with Gasteiger partial charge in [0.1, 0.15) is 6.04 Å². The van der Waals surface area contributed by atoms with Crippen LogP contribution in [0.1, 0.15) is 54.4 Å². The zero-order valence-corrected chi connectivity index (χ0v) is 22.8. The van der Waals surface area contributed by atoms with Crippen LogP contribution in [0.15, 0.2) is 72.8 Å². The average Bonchev–Trinajstić information content (AvgIpc) is 2.90. The van der Waals surface area contributed by atoms with Gasteiger partial charge < -0.3 is 10.2 Å². The third-order valence-corrected chi connectivity index (χ3v) is 7.90. The fourth-order valence-corrected chi connectivity index (χ4v) is 5.33. The van der Waals surface area contributed by atoms with E-state index < -0.39 is 6.04 Å². The highest BCUT2D eigenvalue weighted by atomic mass is 35.5. The number of hydrogen-bond acceptors (Lipinski definition) is 2. The summed E-state index contributed by atoms with van der Waals surface area (Å²) in [5.74, 6) is -0.200. The third-order valence-electron chi connectivity index (χ3n) is 7.16. The Morgan fingerprint density at radius 2 is 1.59 bits per heavy atom. The standard InChI is InChI=1S/C31H34Cl2N2O2/c1-22-10-8-9-13-25(22)20-30(36)35(21-24-16-17-27(32)28(33)18-24)29(19-23-11-4-2-5-12-23)31(37)34-26-14-6-3-7-15-26/h2,4-5,8-13,16-18,26,29H,3,6-7,14-15,19-21H2,1H3,(H,34,37)/t29-/m1/s1. The predicted octanol–water partition coefficient (Wildman–Crippen LogP) is 6.93. The van der Waals surface area contributed by atoms with Crippen molar-refractivity contribution in [1.29, 1.82) is 0 Å². The van der Waals surface area contributed by atoms with Gasteiger partial charge in [0.25, 0.3) is 0 Å². The molecule has 1 saturated carbocycles.